The van der Waals surface area contributed by atoms with Gasteiger partial charge in [-0.3, -0.25) is 4.79 Å². The first-order valence-electron chi connectivity index (χ1n) is 9.66. The molecule has 4 rings (SSSR count). The van der Waals surface area contributed by atoms with Crippen molar-refractivity contribution in [3.8, 4) is 0 Å². The van der Waals surface area contributed by atoms with E-state index in [9.17, 15) is 9.18 Å². The van der Waals surface area contributed by atoms with E-state index in [1.165, 1.54) is 23.9 Å². The molecule has 0 radical (unpaired) electrons. The monoisotopic (exact) mass is 445 g/mol. The van der Waals surface area contributed by atoms with Crippen molar-refractivity contribution in [3.63, 3.8) is 0 Å². The Kier molecular flexibility index (Phi) is 5.97. The highest BCUT2D eigenvalue weighted by Crippen LogP contribution is 2.38. The molecule has 2 unspecified atom stereocenters. The van der Waals surface area contributed by atoms with Gasteiger partial charge in [0.2, 0.25) is 11.1 Å². The first kappa shape index (κ1) is 20.7. The largest absolute Gasteiger partial charge is 0.325 e. The molecule has 1 amide bonds. The van der Waals surface area contributed by atoms with Crippen LogP contribution in [0.15, 0.2) is 47.6 Å². The number of fused-ring (bicyclic) bond motifs is 1. The van der Waals surface area contributed by atoms with E-state index in [-0.39, 0.29) is 11.7 Å². The van der Waals surface area contributed by atoms with E-state index in [0.29, 0.717) is 15.9 Å². The van der Waals surface area contributed by atoms with E-state index < -0.39 is 11.3 Å². The second kappa shape index (κ2) is 8.65. The molecule has 3 aromatic rings. The molecule has 0 aliphatic carbocycles. The van der Waals surface area contributed by atoms with Crippen molar-refractivity contribution in [2.45, 2.75) is 43.1 Å². The van der Waals surface area contributed by atoms with Gasteiger partial charge >= 0.3 is 0 Å². The van der Waals surface area contributed by atoms with Crippen LogP contribution in [0.2, 0.25) is 5.02 Å². The predicted octanol–water partition coefficient (Wildman–Crippen LogP) is 4.73. The first-order chi connectivity index (χ1) is 14.5. The second-order valence-corrected chi connectivity index (χ2v) is 8.65. The maximum absolute atomic E-state index is 13.5. The van der Waals surface area contributed by atoms with Crippen LogP contribution in [0, 0.1) is 12.7 Å². The number of nitrogens with one attached hydrogen (secondary N) is 2. The number of aryl methyl sites for hydroxylation is 2. The van der Waals surface area contributed by atoms with Crippen LogP contribution in [-0.4, -0.2) is 26.0 Å². The molecular weight excluding hydrogens is 425 g/mol. The maximum Gasteiger partial charge on any atom is 0.240 e. The summed E-state index contributed by atoms with van der Waals surface area (Å²) in [6, 6.07) is 11.2. The molecule has 2 heterocycles. The Labute approximate surface area is 183 Å². The molecule has 156 valence electrons. The lowest BCUT2D eigenvalue weighted by Crippen LogP contribution is -2.41. The molecule has 6 nitrogen and oxygen atoms in total. The summed E-state index contributed by atoms with van der Waals surface area (Å²) in [6.45, 7) is 3.97. The number of benzene rings is 2. The van der Waals surface area contributed by atoms with Gasteiger partial charge in [0.25, 0.3) is 0 Å². The highest BCUT2D eigenvalue weighted by Gasteiger charge is 2.37. The zero-order valence-corrected chi connectivity index (χ0v) is 18.1. The number of rotatable bonds is 5. The van der Waals surface area contributed by atoms with E-state index in [0.717, 1.165) is 29.8 Å². The molecule has 0 fully saturated rings. The summed E-state index contributed by atoms with van der Waals surface area (Å²) in [5, 5.41) is 12.1. The van der Waals surface area contributed by atoms with Crippen LogP contribution in [-0.2, 0) is 11.2 Å². The predicted molar refractivity (Wildman–Crippen MR) is 117 cm³/mol. The van der Waals surface area contributed by atoms with Crippen molar-refractivity contribution in [1.82, 2.24) is 14.9 Å². The molecule has 0 spiro atoms. The quantitative estimate of drug-likeness (QED) is 0.594. The van der Waals surface area contributed by atoms with Gasteiger partial charge in [0.15, 0.2) is 5.82 Å². The normalized spacial score (nSPS) is 17.9. The second-order valence-electron chi connectivity index (χ2n) is 7.13. The smallest absolute Gasteiger partial charge is 0.240 e. The zero-order chi connectivity index (χ0) is 21.3. The Morgan fingerprint density at radius 1 is 1.27 bits per heavy atom. The molecular formula is C21H21ClFN5OS. The van der Waals surface area contributed by atoms with E-state index >= 15 is 0 Å². The lowest BCUT2D eigenvalue weighted by molar-refractivity contribution is -0.116. The minimum absolute atomic E-state index is 0.201. The van der Waals surface area contributed by atoms with Crippen LogP contribution in [0.4, 0.5) is 10.1 Å². The van der Waals surface area contributed by atoms with Crippen LogP contribution < -0.4 is 10.7 Å². The number of carbonyl (C=O) groups excluding carboxylic acids is 1. The standard InChI is InChI=1S/C21H21ClFN5OS/c1-3-4-17-25-26-21-28(17)27-18(13-6-8-14(23)9-7-13)19(30-21)20(29)24-15-10-5-12(2)16(22)11-15/h5-11,18-19,27H,3-4H2,1-2H3,(H,24,29). The van der Waals surface area contributed by atoms with Crippen LogP contribution in [0.3, 0.4) is 0 Å². The summed E-state index contributed by atoms with van der Waals surface area (Å²) in [6.07, 6.45) is 1.68. The Hall–Kier alpha value is -2.58. The van der Waals surface area contributed by atoms with Crippen LogP contribution in [0.25, 0.3) is 0 Å². The fraction of sp³-hybridized carbons (Fsp3) is 0.286. The lowest BCUT2D eigenvalue weighted by Gasteiger charge is -2.33. The molecule has 2 atom stereocenters. The van der Waals surface area contributed by atoms with Crippen molar-refractivity contribution in [2.75, 3.05) is 10.7 Å². The Balaban J connectivity index is 1.66. The third-order valence-corrected chi connectivity index (χ3v) is 6.53. The van der Waals surface area contributed by atoms with Crippen LogP contribution in [0.1, 0.15) is 36.3 Å². The van der Waals surface area contributed by atoms with Gasteiger partial charge in [-0.05, 0) is 48.7 Å². The number of aromatic nitrogens is 3. The van der Waals surface area contributed by atoms with Crippen molar-refractivity contribution >= 4 is 35.0 Å². The molecule has 1 aromatic heterocycles. The zero-order valence-electron chi connectivity index (χ0n) is 16.5. The summed E-state index contributed by atoms with van der Waals surface area (Å²) in [7, 11) is 0. The van der Waals surface area contributed by atoms with Gasteiger partial charge in [0, 0.05) is 17.1 Å². The first-order valence-corrected chi connectivity index (χ1v) is 10.9. The van der Waals surface area contributed by atoms with Crippen molar-refractivity contribution in [3.05, 3.63) is 70.3 Å². The maximum atomic E-state index is 13.5. The molecule has 9 heteroatoms. The van der Waals surface area contributed by atoms with Gasteiger partial charge in [-0.25, -0.2) is 9.07 Å². The third kappa shape index (κ3) is 4.15. The Bertz CT molecular complexity index is 1070. The number of nitrogens with zero attached hydrogens (tertiary/aromatic N) is 3. The molecule has 0 saturated carbocycles. The van der Waals surface area contributed by atoms with Gasteiger partial charge in [-0.15, -0.1) is 10.2 Å². The van der Waals surface area contributed by atoms with Gasteiger partial charge < -0.3 is 10.7 Å². The topological polar surface area (TPSA) is 71.8 Å². The van der Waals surface area contributed by atoms with Gasteiger partial charge in [-0.1, -0.05) is 48.5 Å². The molecule has 2 aromatic carbocycles. The molecule has 2 N–H and O–H groups in total. The number of hydrogen-bond acceptors (Lipinski definition) is 5. The van der Waals surface area contributed by atoms with Crippen molar-refractivity contribution in [1.29, 1.82) is 0 Å². The van der Waals surface area contributed by atoms with E-state index in [1.54, 1.807) is 18.2 Å². The fourth-order valence-electron chi connectivity index (χ4n) is 3.29. The van der Waals surface area contributed by atoms with Gasteiger partial charge in [0.05, 0.1) is 6.04 Å². The summed E-state index contributed by atoms with van der Waals surface area (Å²) in [5.41, 5.74) is 5.72. The molecule has 0 bridgehead atoms. The van der Waals surface area contributed by atoms with Crippen LogP contribution in [0.5, 0.6) is 0 Å². The van der Waals surface area contributed by atoms with E-state index in [4.69, 9.17) is 11.6 Å². The highest BCUT2D eigenvalue weighted by atomic mass is 35.5. The minimum atomic E-state index is -0.540. The van der Waals surface area contributed by atoms with E-state index in [2.05, 4.69) is 27.9 Å². The van der Waals surface area contributed by atoms with Crippen LogP contribution >= 0.6 is 23.4 Å². The average molecular weight is 446 g/mol. The molecule has 30 heavy (non-hydrogen) atoms. The number of amides is 1. The van der Waals surface area contributed by atoms with E-state index in [1.807, 2.05) is 23.7 Å². The Morgan fingerprint density at radius 3 is 2.73 bits per heavy atom. The van der Waals surface area contributed by atoms with Crippen molar-refractivity contribution in [2.24, 2.45) is 0 Å². The number of thioether (sulfide) groups is 1. The highest BCUT2D eigenvalue weighted by molar-refractivity contribution is 8.00. The summed E-state index contributed by atoms with van der Waals surface area (Å²) in [5.74, 6) is 0.276. The number of halogens is 2. The number of carbonyl (C=O) groups is 1. The fourth-order valence-corrected chi connectivity index (χ4v) is 4.57. The van der Waals surface area contributed by atoms with Gasteiger partial charge in [-0.2, -0.15) is 0 Å². The average Bonchev–Trinajstić information content (AvgIpc) is 3.12. The van der Waals surface area contributed by atoms with Gasteiger partial charge in [0.1, 0.15) is 11.1 Å². The minimum Gasteiger partial charge on any atom is -0.325 e. The summed E-state index contributed by atoms with van der Waals surface area (Å²) < 4.78 is 15.3. The lowest BCUT2D eigenvalue weighted by atomic mass is 10.0. The number of anilines is 1. The third-order valence-electron chi connectivity index (χ3n) is 4.90. The van der Waals surface area contributed by atoms with Crippen molar-refractivity contribution < 1.29 is 9.18 Å². The summed E-state index contributed by atoms with van der Waals surface area (Å²) >= 11 is 7.53. The summed E-state index contributed by atoms with van der Waals surface area (Å²) in [4.78, 5) is 13.2. The molecule has 1 aliphatic rings. The Morgan fingerprint density at radius 2 is 2.03 bits per heavy atom. The SMILES string of the molecule is CCCc1nnc2n1NC(c1ccc(F)cc1)C(C(=O)Nc1ccc(C)c(Cl)c1)S2. The molecule has 0 saturated heterocycles. The number of hydrogen-bond donors (Lipinski definition) is 2. The molecule has 1 aliphatic heterocycles.